The highest BCUT2D eigenvalue weighted by Crippen LogP contribution is 2.31. The lowest BCUT2D eigenvalue weighted by molar-refractivity contribution is -0.119. The summed E-state index contributed by atoms with van der Waals surface area (Å²) in [6.45, 7) is 11.9. The number of hydrogen-bond donors (Lipinski definition) is 2. The van der Waals surface area contributed by atoms with Crippen LogP contribution in [0.15, 0.2) is 36.8 Å². The van der Waals surface area contributed by atoms with Gasteiger partial charge in [-0.15, -0.1) is 0 Å². The molecule has 0 spiro atoms. The molecule has 2 aromatic rings. The van der Waals surface area contributed by atoms with Crippen molar-refractivity contribution in [1.29, 1.82) is 0 Å². The molecule has 33 heavy (non-hydrogen) atoms. The van der Waals surface area contributed by atoms with Gasteiger partial charge in [0.2, 0.25) is 11.9 Å². The van der Waals surface area contributed by atoms with Gasteiger partial charge in [0.15, 0.2) is 5.82 Å². The Morgan fingerprint density at radius 2 is 1.97 bits per heavy atom. The molecule has 1 amide bonds. The lowest BCUT2D eigenvalue weighted by Crippen LogP contribution is -2.46. The van der Waals surface area contributed by atoms with Gasteiger partial charge in [0.1, 0.15) is 5.02 Å². The molecule has 9 nitrogen and oxygen atoms in total. The standard InChI is InChI=1S/C23H31ClN8O/c1-5-30-8-10-31(11-9-30)23-26-13-19(24)22(28-23)27-18-6-7-20-17(12-18)14-32(16(2)25-3)15-21(33)29(20)4/h6-7,12-13,25H,2,5,8-11,14-15H2,1,3-4H3,(H,26,27,28). The third-order valence-electron chi connectivity index (χ3n) is 6.27. The van der Waals surface area contributed by atoms with Crippen LogP contribution in [0.1, 0.15) is 12.5 Å². The van der Waals surface area contributed by atoms with Crippen LogP contribution in [-0.4, -0.2) is 79.0 Å². The molecule has 0 unspecified atom stereocenters. The lowest BCUT2D eigenvalue weighted by Gasteiger charge is -2.34. The highest BCUT2D eigenvalue weighted by molar-refractivity contribution is 6.32. The van der Waals surface area contributed by atoms with Gasteiger partial charge >= 0.3 is 0 Å². The highest BCUT2D eigenvalue weighted by Gasteiger charge is 2.25. The van der Waals surface area contributed by atoms with Crippen LogP contribution in [0.3, 0.4) is 0 Å². The van der Waals surface area contributed by atoms with Crippen molar-refractivity contribution < 1.29 is 4.79 Å². The number of halogens is 1. The summed E-state index contributed by atoms with van der Waals surface area (Å²) in [5, 5.41) is 6.84. The lowest BCUT2D eigenvalue weighted by atomic mass is 10.1. The van der Waals surface area contributed by atoms with Gasteiger partial charge in [-0.3, -0.25) is 4.79 Å². The average Bonchev–Trinajstić information content (AvgIpc) is 2.96. The fourth-order valence-electron chi connectivity index (χ4n) is 4.13. The van der Waals surface area contributed by atoms with Crippen LogP contribution in [0.4, 0.5) is 23.1 Å². The zero-order valence-electron chi connectivity index (χ0n) is 19.4. The zero-order valence-corrected chi connectivity index (χ0v) is 20.2. The van der Waals surface area contributed by atoms with E-state index in [1.807, 2.05) is 23.1 Å². The Balaban J connectivity index is 1.57. The molecule has 2 aliphatic rings. The Kier molecular flexibility index (Phi) is 6.90. The normalized spacial score (nSPS) is 17.0. The molecule has 0 atom stereocenters. The molecule has 176 valence electrons. The predicted molar refractivity (Wildman–Crippen MR) is 133 cm³/mol. The highest BCUT2D eigenvalue weighted by atomic mass is 35.5. The number of anilines is 4. The molecule has 0 radical (unpaired) electrons. The van der Waals surface area contributed by atoms with Crippen molar-refractivity contribution in [2.24, 2.45) is 0 Å². The van der Waals surface area contributed by atoms with E-state index in [4.69, 9.17) is 16.6 Å². The van der Waals surface area contributed by atoms with Crippen LogP contribution >= 0.6 is 11.6 Å². The van der Waals surface area contributed by atoms with Crippen molar-refractivity contribution in [3.63, 3.8) is 0 Å². The second-order valence-corrected chi connectivity index (χ2v) is 8.67. The summed E-state index contributed by atoms with van der Waals surface area (Å²) in [7, 11) is 3.60. The van der Waals surface area contributed by atoms with E-state index in [-0.39, 0.29) is 12.5 Å². The second-order valence-electron chi connectivity index (χ2n) is 8.26. The number of fused-ring (bicyclic) bond motifs is 1. The Morgan fingerprint density at radius 3 is 2.67 bits per heavy atom. The summed E-state index contributed by atoms with van der Waals surface area (Å²) in [6.07, 6.45) is 1.65. The van der Waals surface area contributed by atoms with Crippen LogP contribution in [0.2, 0.25) is 5.02 Å². The van der Waals surface area contributed by atoms with Crippen LogP contribution < -0.4 is 20.4 Å². The quantitative estimate of drug-likeness (QED) is 0.666. The number of carbonyl (C=O) groups is 1. The van der Waals surface area contributed by atoms with Gasteiger partial charge in [0, 0.05) is 58.2 Å². The van der Waals surface area contributed by atoms with E-state index < -0.39 is 0 Å². The number of aromatic nitrogens is 2. The smallest absolute Gasteiger partial charge is 0.246 e. The first-order valence-corrected chi connectivity index (χ1v) is 11.5. The summed E-state index contributed by atoms with van der Waals surface area (Å²) >= 11 is 6.43. The fraction of sp³-hybridized carbons (Fsp3) is 0.435. The maximum Gasteiger partial charge on any atom is 0.246 e. The third-order valence-corrected chi connectivity index (χ3v) is 6.55. The summed E-state index contributed by atoms with van der Waals surface area (Å²) in [6, 6.07) is 5.91. The van der Waals surface area contributed by atoms with E-state index in [9.17, 15) is 4.79 Å². The molecular weight excluding hydrogens is 440 g/mol. The van der Waals surface area contributed by atoms with E-state index >= 15 is 0 Å². The van der Waals surface area contributed by atoms with Crippen molar-refractivity contribution >= 4 is 40.6 Å². The van der Waals surface area contributed by atoms with E-state index in [0.29, 0.717) is 29.2 Å². The molecule has 1 aromatic carbocycles. The monoisotopic (exact) mass is 470 g/mol. The molecule has 1 fully saturated rings. The van der Waals surface area contributed by atoms with Gasteiger partial charge < -0.3 is 30.2 Å². The van der Waals surface area contributed by atoms with E-state index in [0.717, 1.165) is 49.7 Å². The van der Waals surface area contributed by atoms with E-state index in [1.54, 1.807) is 25.2 Å². The van der Waals surface area contributed by atoms with Crippen molar-refractivity contribution in [2.75, 3.05) is 68.5 Å². The Hall–Kier alpha value is -3.04. The number of benzene rings is 1. The third kappa shape index (κ3) is 4.99. The van der Waals surface area contributed by atoms with Crippen LogP contribution in [0, 0.1) is 0 Å². The molecule has 1 saturated heterocycles. The van der Waals surface area contributed by atoms with E-state index in [1.165, 1.54) is 0 Å². The Bertz CT molecular complexity index is 1040. The first-order valence-electron chi connectivity index (χ1n) is 11.2. The van der Waals surface area contributed by atoms with Crippen LogP contribution in [0.25, 0.3) is 0 Å². The van der Waals surface area contributed by atoms with E-state index in [2.05, 4.69) is 38.9 Å². The molecule has 2 aliphatic heterocycles. The van der Waals surface area contributed by atoms with Gasteiger partial charge in [0.25, 0.3) is 0 Å². The van der Waals surface area contributed by atoms with Gasteiger partial charge in [0.05, 0.1) is 18.6 Å². The summed E-state index contributed by atoms with van der Waals surface area (Å²) in [5.41, 5.74) is 2.72. The summed E-state index contributed by atoms with van der Waals surface area (Å²) in [4.78, 5) is 30.0. The van der Waals surface area contributed by atoms with Crippen molar-refractivity contribution in [3.05, 3.63) is 47.4 Å². The maximum atomic E-state index is 12.6. The fourth-order valence-corrected chi connectivity index (χ4v) is 4.27. The zero-order chi connectivity index (χ0) is 23.5. The first-order chi connectivity index (χ1) is 15.9. The predicted octanol–water partition coefficient (Wildman–Crippen LogP) is 2.48. The summed E-state index contributed by atoms with van der Waals surface area (Å²) < 4.78 is 0. The second kappa shape index (κ2) is 9.84. The van der Waals surface area contributed by atoms with Gasteiger partial charge in [-0.25, -0.2) is 4.98 Å². The molecule has 4 rings (SSSR count). The number of carbonyl (C=O) groups excluding carboxylic acids is 1. The topological polar surface area (TPSA) is 79.9 Å². The maximum absolute atomic E-state index is 12.6. The van der Waals surface area contributed by atoms with Crippen LogP contribution in [-0.2, 0) is 11.3 Å². The molecule has 3 heterocycles. The molecule has 0 saturated carbocycles. The number of rotatable bonds is 6. The Labute approximate surface area is 200 Å². The Morgan fingerprint density at radius 1 is 1.21 bits per heavy atom. The van der Waals surface area contributed by atoms with Gasteiger partial charge in [-0.1, -0.05) is 25.1 Å². The minimum atomic E-state index is 0.0116. The summed E-state index contributed by atoms with van der Waals surface area (Å²) in [5.74, 6) is 1.95. The molecule has 0 bridgehead atoms. The van der Waals surface area contributed by atoms with Crippen molar-refractivity contribution in [2.45, 2.75) is 13.5 Å². The van der Waals surface area contributed by atoms with Gasteiger partial charge in [-0.2, -0.15) is 4.98 Å². The molecule has 1 aromatic heterocycles. The minimum absolute atomic E-state index is 0.0116. The van der Waals surface area contributed by atoms with Crippen molar-refractivity contribution in [1.82, 2.24) is 25.1 Å². The number of hydrogen-bond acceptors (Lipinski definition) is 8. The number of amides is 1. The van der Waals surface area contributed by atoms with Crippen LogP contribution in [0.5, 0.6) is 0 Å². The molecular formula is C23H31ClN8O. The van der Waals surface area contributed by atoms with Crippen molar-refractivity contribution in [3.8, 4) is 0 Å². The average molecular weight is 471 g/mol. The molecule has 2 N–H and O–H groups in total. The molecule has 10 heteroatoms. The first kappa shape index (κ1) is 23.1. The largest absolute Gasteiger partial charge is 0.375 e. The van der Waals surface area contributed by atoms with Gasteiger partial charge in [-0.05, 0) is 30.3 Å². The number of nitrogens with zero attached hydrogens (tertiary/aromatic N) is 6. The SMILES string of the molecule is C=C(NC)N1CC(=O)N(C)c2ccc(Nc3nc(N4CCN(CC)CC4)ncc3Cl)cc2C1. The molecule has 0 aliphatic carbocycles. The minimum Gasteiger partial charge on any atom is -0.375 e. The number of piperazine rings is 1. The number of likely N-dealkylation sites (N-methyl/N-ethyl adjacent to an activating group) is 2. The number of nitrogens with one attached hydrogen (secondary N) is 2.